The number of methoxy groups -OCH3 is 1. The molecule has 1 rings (SSSR count). The fraction of sp³-hybridized carbons (Fsp3) is 0.577. The molecule has 1 aromatic rings. The molecule has 0 radical (unpaired) electrons. The van der Waals surface area contributed by atoms with Crippen molar-refractivity contribution in [1.29, 1.82) is 0 Å². The Morgan fingerprint density at radius 2 is 1.91 bits per heavy atom. The third-order valence-corrected chi connectivity index (χ3v) is 5.00. The molecule has 0 saturated heterocycles. The summed E-state index contributed by atoms with van der Waals surface area (Å²) < 4.78 is 17.0. The summed E-state index contributed by atoms with van der Waals surface area (Å²) in [6.07, 6.45) is 3.51. The van der Waals surface area contributed by atoms with Crippen molar-refractivity contribution < 1.29 is 29.2 Å². The molecule has 0 spiro atoms. The molecule has 2 N–H and O–H groups in total. The van der Waals surface area contributed by atoms with E-state index in [1.165, 1.54) is 0 Å². The molecular weight excluding hydrogens is 408 g/mol. The molecule has 6 nitrogen and oxygen atoms in total. The van der Waals surface area contributed by atoms with E-state index in [-0.39, 0.29) is 31.3 Å². The van der Waals surface area contributed by atoms with Crippen LogP contribution >= 0.6 is 0 Å². The molecule has 0 aliphatic carbocycles. The summed E-state index contributed by atoms with van der Waals surface area (Å²) in [4.78, 5) is 12.4. The number of aliphatic hydroxyl groups is 2. The van der Waals surface area contributed by atoms with Crippen molar-refractivity contribution in [3.05, 3.63) is 48.6 Å². The molecular formula is C26H38O6. The monoisotopic (exact) mass is 446 g/mol. The number of ether oxygens (including phenoxy) is 3. The highest BCUT2D eigenvalue weighted by atomic mass is 16.5. The van der Waals surface area contributed by atoms with Crippen LogP contribution in [-0.4, -0.2) is 54.3 Å². The number of carbonyl (C=O) groups is 1. The minimum Gasteiger partial charge on any atom is -0.462 e. The molecule has 0 aliphatic rings. The molecule has 178 valence electrons. The summed E-state index contributed by atoms with van der Waals surface area (Å²) in [7, 11) is 1.59. The minimum absolute atomic E-state index is 0.0927. The van der Waals surface area contributed by atoms with Crippen LogP contribution in [0.25, 0.3) is 0 Å². The number of benzene rings is 1. The van der Waals surface area contributed by atoms with E-state index in [2.05, 4.69) is 18.4 Å². The molecule has 0 fully saturated rings. The molecule has 0 amide bonds. The Morgan fingerprint density at radius 3 is 2.53 bits per heavy atom. The SMILES string of the molecule is C=CC[C@H](C[C@@H](O)CC(=O)O[C@@H](CCC)C[C@H](CC#CCO)OC)OCc1ccccc1. The zero-order valence-electron chi connectivity index (χ0n) is 19.4. The molecule has 0 unspecified atom stereocenters. The highest BCUT2D eigenvalue weighted by Gasteiger charge is 2.22. The topological polar surface area (TPSA) is 85.2 Å². The number of aliphatic hydroxyl groups excluding tert-OH is 2. The molecule has 4 atom stereocenters. The zero-order chi connectivity index (χ0) is 23.6. The highest BCUT2D eigenvalue weighted by Crippen LogP contribution is 2.17. The van der Waals surface area contributed by atoms with Gasteiger partial charge in [0.05, 0.1) is 31.3 Å². The Labute approximate surface area is 192 Å². The van der Waals surface area contributed by atoms with Gasteiger partial charge < -0.3 is 24.4 Å². The van der Waals surface area contributed by atoms with Gasteiger partial charge in [0, 0.05) is 26.4 Å². The van der Waals surface area contributed by atoms with E-state index in [0.29, 0.717) is 38.7 Å². The lowest BCUT2D eigenvalue weighted by molar-refractivity contribution is -0.153. The maximum absolute atomic E-state index is 12.4. The van der Waals surface area contributed by atoms with E-state index in [0.717, 1.165) is 12.0 Å². The number of rotatable bonds is 16. The predicted molar refractivity (Wildman–Crippen MR) is 125 cm³/mol. The molecule has 32 heavy (non-hydrogen) atoms. The lowest BCUT2D eigenvalue weighted by Crippen LogP contribution is -2.28. The van der Waals surface area contributed by atoms with Crippen LogP contribution in [0.1, 0.15) is 57.4 Å². The summed E-state index contributed by atoms with van der Waals surface area (Å²) in [6.45, 7) is 6.02. The molecule has 0 aliphatic heterocycles. The Balaban J connectivity index is 2.53. The smallest absolute Gasteiger partial charge is 0.308 e. The Kier molecular flexibility index (Phi) is 15.1. The predicted octanol–water partition coefficient (Wildman–Crippen LogP) is 3.79. The zero-order valence-corrected chi connectivity index (χ0v) is 19.4. The summed E-state index contributed by atoms with van der Waals surface area (Å²) in [6, 6.07) is 9.81. The number of hydrogen-bond donors (Lipinski definition) is 2. The van der Waals surface area contributed by atoms with Gasteiger partial charge in [0.2, 0.25) is 0 Å². The van der Waals surface area contributed by atoms with Crippen LogP contribution in [-0.2, 0) is 25.6 Å². The summed E-state index contributed by atoms with van der Waals surface area (Å²) in [5.41, 5.74) is 1.05. The summed E-state index contributed by atoms with van der Waals surface area (Å²) in [5, 5.41) is 19.2. The van der Waals surface area contributed by atoms with Crippen LogP contribution in [0.4, 0.5) is 0 Å². The van der Waals surface area contributed by atoms with Gasteiger partial charge in [-0.25, -0.2) is 0 Å². The number of hydrogen-bond acceptors (Lipinski definition) is 6. The molecule has 0 heterocycles. The molecule has 0 bridgehead atoms. The molecule has 1 aromatic carbocycles. The van der Waals surface area contributed by atoms with Crippen molar-refractivity contribution >= 4 is 5.97 Å². The summed E-state index contributed by atoms with van der Waals surface area (Å²) >= 11 is 0. The van der Waals surface area contributed by atoms with E-state index >= 15 is 0 Å². The van der Waals surface area contributed by atoms with E-state index in [1.807, 2.05) is 37.3 Å². The lowest BCUT2D eigenvalue weighted by atomic mass is 10.0. The van der Waals surface area contributed by atoms with Crippen LogP contribution in [0.5, 0.6) is 0 Å². The fourth-order valence-electron chi connectivity index (χ4n) is 3.36. The van der Waals surface area contributed by atoms with E-state index in [1.54, 1.807) is 13.2 Å². The first-order valence-corrected chi connectivity index (χ1v) is 11.3. The quantitative estimate of drug-likeness (QED) is 0.228. The first-order valence-electron chi connectivity index (χ1n) is 11.3. The van der Waals surface area contributed by atoms with Crippen molar-refractivity contribution in [2.24, 2.45) is 0 Å². The molecule has 0 aromatic heterocycles. The fourth-order valence-corrected chi connectivity index (χ4v) is 3.36. The van der Waals surface area contributed by atoms with Gasteiger partial charge in [-0.15, -0.1) is 6.58 Å². The van der Waals surface area contributed by atoms with Crippen LogP contribution in [0.2, 0.25) is 0 Å². The third kappa shape index (κ3) is 12.6. The number of esters is 1. The number of carbonyl (C=O) groups excluding carboxylic acids is 1. The van der Waals surface area contributed by atoms with Gasteiger partial charge in [0.25, 0.3) is 0 Å². The van der Waals surface area contributed by atoms with E-state index in [9.17, 15) is 9.90 Å². The van der Waals surface area contributed by atoms with Gasteiger partial charge in [-0.1, -0.05) is 61.6 Å². The Bertz CT molecular complexity index is 693. The molecule has 6 heteroatoms. The van der Waals surface area contributed by atoms with Crippen LogP contribution in [0, 0.1) is 11.8 Å². The maximum Gasteiger partial charge on any atom is 0.308 e. The second kappa shape index (κ2) is 17.4. The summed E-state index contributed by atoms with van der Waals surface area (Å²) in [5.74, 6) is 5.01. The van der Waals surface area contributed by atoms with Gasteiger partial charge in [-0.05, 0) is 18.4 Å². The van der Waals surface area contributed by atoms with Gasteiger partial charge >= 0.3 is 5.97 Å². The molecule has 0 saturated carbocycles. The standard InChI is InChI=1S/C26H38O6/c1-4-11-24(31-20-21-13-7-6-8-14-21)17-22(28)18-26(29)32-25(12-5-2)19-23(30-3)15-9-10-16-27/h4,6-8,13-14,22-25,27-28H,1,5,11-12,15-20H2,2-3H3/t22-,23+,24-,25+/m1/s1. The largest absolute Gasteiger partial charge is 0.462 e. The Morgan fingerprint density at radius 1 is 1.16 bits per heavy atom. The highest BCUT2D eigenvalue weighted by molar-refractivity contribution is 5.70. The van der Waals surface area contributed by atoms with Gasteiger partial charge in [0.1, 0.15) is 12.7 Å². The van der Waals surface area contributed by atoms with E-state index in [4.69, 9.17) is 19.3 Å². The average molecular weight is 447 g/mol. The van der Waals surface area contributed by atoms with Crippen molar-refractivity contribution in [2.75, 3.05) is 13.7 Å². The van der Waals surface area contributed by atoms with Crippen molar-refractivity contribution in [2.45, 2.75) is 82.9 Å². The minimum atomic E-state index is -0.862. The van der Waals surface area contributed by atoms with Gasteiger partial charge in [0.15, 0.2) is 0 Å². The van der Waals surface area contributed by atoms with Crippen LogP contribution in [0.3, 0.4) is 0 Å². The average Bonchev–Trinajstić information content (AvgIpc) is 2.77. The van der Waals surface area contributed by atoms with Crippen molar-refractivity contribution in [3.8, 4) is 11.8 Å². The van der Waals surface area contributed by atoms with Crippen molar-refractivity contribution in [3.63, 3.8) is 0 Å². The van der Waals surface area contributed by atoms with Gasteiger partial charge in [-0.2, -0.15) is 0 Å². The Hall–Kier alpha value is -2.17. The second-order valence-electron chi connectivity index (χ2n) is 7.75. The van der Waals surface area contributed by atoms with Gasteiger partial charge in [-0.3, -0.25) is 4.79 Å². The lowest BCUT2D eigenvalue weighted by Gasteiger charge is -2.23. The second-order valence-corrected chi connectivity index (χ2v) is 7.75. The van der Waals surface area contributed by atoms with Crippen LogP contribution < -0.4 is 0 Å². The normalized spacial score (nSPS) is 14.5. The maximum atomic E-state index is 12.4. The third-order valence-electron chi connectivity index (χ3n) is 5.00. The van der Waals surface area contributed by atoms with Crippen LogP contribution in [0.15, 0.2) is 43.0 Å². The first-order chi connectivity index (χ1) is 15.5. The first kappa shape index (κ1) is 27.9. The van der Waals surface area contributed by atoms with E-state index < -0.39 is 12.1 Å². The van der Waals surface area contributed by atoms with Crippen molar-refractivity contribution in [1.82, 2.24) is 0 Å².